The maximum absolute atomic E-state index is 12.0. The number of alkyl carbamates (subject to hydrolysis) is 1. The van der Waals surface area contributed by atoms with Gasteiger partial charge in [-0.3, -0.25) is 10.1 Å². The number of aromatic amines is 1. The molecule has 0 aliphatic rings. The van der Waals surface area contributed by atoms with Crippen LogP contribution in [0.4, 0.5) is 4.79 Å². The number of hydrogen-bond donors (Lipinski definition) is 4. The van der Waals surface area contributed by atoms with E-state index in [1.54, 1.807) is 19.4 Å². The summed E-state index contributed by atoms with van der Waals surface area (Å²) >= 11 is 0. The first-order chi connectivity index (χ1) is 13.6. The predicted molar refractivity (Wildman–Crippen MR) is 111 cm³/mol. The molecule has 0 radical (unpaired) electrons. The van der Waals surface area contributed by atoms with Crippen LogP contribution >= 0.6 is 0 Å². The van der Waals surface area contributed by atoms with Crippen LogP contribution in [0, 0.1) is 0 Å². The van der Waals surface area contributed by atoms with Crippen LogP contribution in [-0.2, 0) is 11.2 Å². The van der Waals surface area contributed by atoms with Crippen molar-refractivity contribution in [3.63, 3.8) is 0 Å². The number of aliphatic imine (C=N–C) groups is 1. The Bertz CT molecular complexity index is 804. The number of amides is 1. The van der Waals surface area contributed by atoms with Crippen LogP contribution in [0.5, 0.6) is 0 Å². The van der Waals surface area contributed by atoms with Gasteiger partial charge in [-0.1, -0.05) is 0 Å². The first-order valence-corrected chi connectivity index (χ1v) is 9.49. The molecule has 2 rings (SSSR count). The molecule has 2 heterocycles. The van der Waals surface area contributed by atoms with Crippen LogP contribution in [0.3, 0.4) is 0 Å². The third-order valence-corrected chi connectivity index (χ3v) is 3.69. The molecular weight excluding hydrogens is 374 g/mol. The van der Waals surface area contributed by atoms with E-state index in [2.05, 4.69) is 36.1 Å². The molecule has 160 valence electrons. The van der Waals surface area contributed by atoms with Gasteiger partial charge in [-0.15, -0.1) is 0 Å². The fourth-order valence-corrected chi connectivity index (χ4v) is 2.37. The topological polar surface area (TPSA) is 129 Å². The predicted octanol–water partition coefficient (Wildman–Crippen LogP) is 2.08. The van der Waals surface area contributed by atoms with Crippen LogP contribution in [0.25, 0.3) is 11.6 Å². The van der Waals surface area contributed by atoms with Gasteiger partial charge in [0, 0.05) is 26.6 Å². The van der Waals surface area contributed by atoms with Crippen LogP contribution < -0.4 is 16.0 Å². The lowest BCUT2D eigenvalue weighted by Gasteiger charge is -2.29. The first kappa shape index (κ1) is 22.3. The highest BCUT2D eigenvalue weighted by Gasteiger charge is 2.24. The van der Waals surface area contributed by atoms with Gasteiger partial charge in [-0.2, -0.15) is 5.10 Å². The molecule has 0 fully saturated rings. The number of H-pyrrole nitrogens is 1. The molecular formula is C19H31N7O3. The lowest BCUT2D eigenvalue weighted by molar-refractivity contribution is 0.0474. The molecule has 0 saturated carbocycles. The normalized spacial score (nSPS) is 12.6. The van der Waals surface area contributed by atoms with E-state index >= 15 is 0 Å². The van der Waals surface area contributed by atoms with Gasteiger partial charge in [0.15, 0.2) is 11.7 Å². The van der Waals surface area contributed by atoms with Crippen LogP contribution in [-0.4, -0.2) is 58.5 Å². The summed E-state index contributed by atoms with van der Waals surface area (Å²) < 4.78 is 10.6. The molecule has 0 aliphatic carbocycles. The first-order valence-electron chi connectivity index (χ1n) is 9.49. The van der Waals surface area contributed by atoms with Crippen molar-refractivity contribution in [2.24, 2.45) is 4.99 Å². The highest BCUT2D eigenvalue weighted by molar-refractivity contribution is 5.79. The number of rotatable bonds is 7. The highest BCUT2D eigenvalue weighted by atomic mass is 16.6. The number of nitrogens with zero attached hydrogens (tertiary/aromatic N) is 3. The molecule has 2 aromatic heterocycles. The Morgan fingerprint density at radius 3 is 2.66 bits per heavy atom. The van der Waals surface area contributed by atoms with Gasteiger partial charge >= 0.3 is 6.09 Å². The smallest absolute Gasteiger partial charge is 0.408 e. The number of hydrogen-bond acceptors (Lipinski definition) is 6. The average molecular weight is 406 g/mol. The quantitative estimate of drug-likeness (QED) is 0.410. The number of aromatic nitrogens is 3. The summed E-state index contributed by atoms with van der Waals surface area (Å²) in [5, 5.41) is 16.3. The van der Waals surface area contributed by atoms with Gasteiger partial charge in [0.25, 0.3) is 0 Å². The monoisotopic (exact) mass is 405 g/mol. The number of nitrogens with one attached hydrogen (secondary N) is 4. The number of carbonyl (C=O) groups excluding carboxylic acids is 1. The van der Waals surface area contributed by atoms with Crippen molar-refractivity contribution in [2.75, 3.05) is 20.1 Å². The van der Waals surface area contributed by atoms with Gasteiger partial charge in [0.05, 0.1) is 11.8 Å². The molecule has 0 aliphatic heterocycles. The Hall–Kier alpha value is -3.04. The molecule has 1 amide bonds. The summed E-state index contributed by atoms with van der Waals surface area (Å²) in [6.07, 6.45) is 1.76. The summed E-state index contributed by atoms with van der Waals surface area (Å²) in [7, 11) is 1.69. The van der Waals surface area contributed by atoms with Crippen molar-refractivity contribution < 1.29 is 13.9 Å². The maximum Gasteiger partial charge on any atom is 0.408 e. The molecule has 0 spiro atoms. The molecule has 0 saturated heterocycles. The lowest BCUT2D eigenvalue weighted by atomic mass is 10.1. The second kappa shape index (κ2) is 9.44. The lowest BCUT2D eigenvalue weighted by Crippen LogP contribution is -2.54. The summed E-state index contributed by atoms with van der Waals surface area (Å²) in [5.74, 6) is 2.52. The molecule has 29 heavy (non-hydrogen) atoms. The summed E-state index contributed by atoms with van der Waals surface area (Å²) in [5.41, 5.74) is -1.06. The van der Waals surface area contributed by atoms with E-state index < -0.39 is 17.2 Å². The molecule has 0 bridgehead atoms. The largest absolute Gasteiger partial charge is 0.461 e. The highest BCUT2D eigenvalue weighted by Crippen LogP contribution is 2.14. The zero-order valence-electron chi connectivity index (χ0n) is 17.9. The summed E-state index contributed by atoms with van der Waals surface area (Å²) in [4.78, 5) is 20.6. The second-order valence-electron chi connectivity index (χ2n) is 8.20. The van der Waals surface area contributed by atoms with Gasteiger partial charge in [0.2, 0.25) is 5.82 Å². The van der Waals surface area contributed by atoms with E-state index in [9.17, 15) is 4.79 Å². The van der Waals surface area contributed by atoms with Crippen molar-refractivity contribution in [1.82, 2.24) is 31.1 Å². The Labute approximate surface area is 170 Å². The van der Waals surface area contributed by atoms with Crippen molar-refractivity contribution >= 4 is 12.1 Å². The number of ether oxygens (including phenoxy) is 1. The Kier molecular flexibility index (Phi) is 7.24. The molecule has 0 atom stereocenters. The van der Waals surface area contributed by atoms with E-state index in [1.165, 1.54) is 0 Å². The van der Waals surface area contributed by atoms with Crippen molar-refractivity contribution in [2.45, 2.75) is 52.2 Å². The van der Waals surface area contributed by atoms with Crippen LogP contribution in [0.1, 0.15) is 40.4 Å². The zero-order chi connectivity index (χ0) is 21.5. The van der Waals surface area contributed by atoms with Crippen LogP contribution in [0.15, 0.2) is 27.8 Å². The third kappa shape index (κ3) is 7.84. The Morgan fingerprint density at radius 2 is 2.03 bits per heavy atom. The zero-order valence-corrected chi connectivity index (χ0v) is 17.9. The van der Waals surface area contributed by atoms with Crippen molar-refractivity contribution in [3.05, 3.63) is 24.2 Å². The number of guanidine groups is 1. The van der Waals surface area contributed by atoms with Gasteiger partial charge in [-0.25, -0.2) is 9.78 Å². The van der Waals surface area contributed by atoms with Gasteiger partial charge < -0.3 is 25.1 Å². The second-order valence-corrected chi connectivity index (χ2v) is 8.20. The molecule has 0 unspecified atom stereocenters. The minimum atomic E-state index is -0.539. The standard InChI is InChI=1S/C19H31N7O3/c1-18(2,3)29-17(27)24-19(4,5)12-22-16(20-6)21-10-9-14-23-15(26-25-14)13-8-7-11-28-13/h7-8,11H,9-10,12H2,1-6H3,(H,24,27)(H2,20,21,22)(H,23,25,26). The fraction of sp³-hybridized carbons (Fsp3) is 0.579. The SMILES string of the molecule is CN=C(NCCc1nc(-c2ccco2)n[nH]1)NCC(C)(C)NC(=O)OC(C)(C)C. The fourth-order valence-electron chi connectivity index (χ4n) is 2.37. The summed E-state index contributed by atoms with van der Waals surface area (Å²) in [6.45, 7) is 10.4. The van der Waals surface area contributed by atoms with E-state index in [0.717, 1.165) is 5.82 Å². The van der Waals surface area contributed by atoms with E-state index in [-0.39, 0.29) is 0 Å². The third-order valence-electron chi connectivity index (χ3n) is 3.69. The van der Waals surface area contributed by atoms with E-state index in [4.69, 9.17) is 9.15 Å². The molecule has 2 aromatic rings. The number of furan rings is 1. The molecule has 4 N–H and O–H groups in total. The van der Waals surface area contributed by atoms with E-state index in [0.29, 0.717) is 37.1 Å². The molecule has 0 aromatic carbocycles. The average Bonchev–Trinajstić information content (AvgIpc) is 3.26. The van der Waals surface area contributed by atoms with Crippen molar-refractivity contribution in [1.29, 1.82) is 0 Å². The Balaban J connectivity index is 1.75. The van der Waals surface area contributed by atoms with E-state index in [1.807, 2.05) is 40.7 Å². The van der Waals surface area contributed by atoms with Crippen LogP contribution in [0.2, 0.25) is 0 Å². The number of carbonyl (C=O) groups is 1. The van der Waals surface area contributed by atoms with Gasteiger partial charge in [0.1, 0.15) is 11.4 Å². The minimum absolute atomic E-state index is 0.454. The Morgan fingerprint density at radius 1 is 1.28 bits per heavy atom. The molecule has 10 heteroatoms. The minimum Gasteiger partial charge on any atom is -0.461 e. The van der Waals surface area contributed by atoms with Gasteiger partial charge in [-0.05, 0) is 46.8 Å². The van der Waals surface area contributed by atoms with Crippen molar-refractivity contribution in [3.8, 4) is 11.6 Å². The summed E-state index contributed by atoms with van der Waals surface area (Å²) in [6, 6.07) is 3.60. The maximum atomic E-state index is 12.0. The molecule has 10 nitrogen and oxygen atoms in total.